The van der Waals surface area contributed by atoms with Crippen LogP contribution in [0.25, 0.3) is 0 Å². The summed E-state index contributed by atoms with van der Waals surface area (Å²) in [7, 11) is 0. The van der Waals surface area contributed by atoms with E-state index in [2.05, 4.69) is 5.32 Å². The molecule has 21 heavy (non-hydrogen) atoms. The zero-order chi connectivity index (χ0) is 15.7. The van der Waals surface area contributed by atoms with Gasteiger partial charge in [-0.05, 0) is 37.3 Å². The fourth-order valence-corrected chi connectivity index (χ4v) is 3.28. The summed E-state index contributed by atoms with van der Waals surface area (Å²) in [5.74, 6) is -1.58. The Morgan fingerprint density at radius 3 is 2.52 bits per heavy atom. The van der Waals surface area contributed by atoms with Crippen LogP contribution in [0.1, 0.15) is 35.2 Å². The van der Waals surface area contributed by atoms with Crippen molar-refractivity contribution in [2.24, 2.45) is 0 Å². The predicted octanol–water partition coefficient (Wildman–Crippen LogP) is 4.10. The summed E-state index contributed by atoms with van der Waals surface area (Å²) in [6.07, 6.45) is 0.532. The number of rotatable bonds is 5. The quantitative estimate of drug-likeness (QED) is 0.858. The minimum atomic E-state index is -4.68. The van der Waals surface area contributed by atoms with E-state index in [1.54, 1.807) is 11.8 Å². The first kappa shape index (κ1) is 16.0. The Labute approximate surface area is 124 Å². The first-order chi connectivity index (χ1) is 9.77. The zero-order valence-corrected chi connectivity index (χ0v) is 12.3. The van der Waals surface area contributed by atoms with E-state index >= 15 is 0 Å². The molecule has 0 heterocycles. The molecule has 2 N–H and O–H groups in total. The van der Waals surface area contributed by atoms with Crippen LogP contribution in [-0.4, -0.2) is 28.6 Å². The fraction of sp³-hybridized carbons (Fsp3) is 0.500. The summed E-state index contributed by atoms with van der Waals surface area (Å²) in [4.78, 5) is 10.9. The van der Waals surface area contributed by atoms with E-state index < -0.39 is 23.3 Å². The summed E-state index contributed by atoms with van der Waals surface area (Å²) in [5, 5.41) is 11.8. The lowest BCUT2D eigenvalue weighted by atomic mass is 9.84. The van der Waals surface area contributed by atoms with Gasteiger partial charge in [0.1, 0.15) is 0 Å². The SMILES string of the molecule is CSC1(CNc2ccc(C(=O)O)c(C(F)(F)F)c2)CCC1. The highest BCUT2D eigenvalue weighted by molar-refractivity contribution is 8.00. The van der Waals surface area contributed by atoms with Crippen molar-refractivity contribution in [2.45, 2.75) is 30.2 Å². The molecule has 116 valence electrons. The number of nitrogens with one attached hydrogen (secondary N) is 1. The second-order valence-electron chi connectivity index (χ2n) is 5.16. The topological polar surface area (TPSA) is 49.3 Å². The summed E-state index contributed by atoms with van der Waals surface area (Å²) in [5.41, 5.74) is -1.55. The van der Waals surface area contributed by atoms with Gasteiger partial charge in [0.25, 0.3) is 0 Å². The molecule has 7 heteroatoms. The van der Waals surface area contributed by atoms with Crippen molar-refractivity contribution in [3.8, 4) is 0 Å². The third-order valence-electron chi connectivity index (χ3n) is 3.87. The van der Waals surface area contributed by atoms with Gasteiger partial charge in [-0.3, -0.25) is 0 Å². The van der Waals surface area contributed by atoms with Gasteiger partial charge in [-0.25, -0.2) is 4.79 Å². The Balaban J connectivity index is 2.20. The highest BCUT2D eigenvalue weighted by Gasteiger charge is 2.37. The Kier molecular flexibility index (Phi) is 4.41. The molecule has 1 aromatic carbocycles. The second kappa shape index (κ2) is 5.79. The van der Waals surface area contributed by atoms with Crippen LogP contribution in [0, 0.1) is 0 Å². The Hall–Kier alpha value is -1.37. The van der Waals surface area contributed by atoms with E-state index in [1.165, 1.54) is 6.07 Å². The summed E-state index contributed by atoms with van der Waals surface area (Å²) in [6.45, 7) is 0.581. The third kappa shape index (κ3) is 3.45. The van der Waals surface area contributed by atoms with Crippen LogP contribution >= 0.6 is 11.8 Å². The maximum absolute atomic E-state index is 12.9. The number of halogens is 3. The molecule has 3 nitrogen and oxygen atoms in total. The van der Waals surface area contributed by atoms with Crippen LogP contribution in [-0.2, 0) is 6.18 Å². The van der Waals surface area contributed by atoms with E-state index in [0.717, 1.165) is 31.4 Å². The van der Waals surface area contributed by atoms with Gasteiger partial charge in [0.05, 0.1) is 11.1 Å². The minimum absolute atomic E-state index is 0.0872. The maximum Gasteiger partial charge on any atom is 0.417 e. The van der Waals surface area contributed by atoms with Crippen LogP contribution < -0.4 is 5.32 Å². The Morgan fingerprint density at radius 1 is 1.43 bits per heavy atom. The van der Waals surface area contributed by atoms with Crippen molar-refractivity contribution in [1.82, 2.24) is 0 Å². The van der Waals surface area contributed by atoms with Crippen LogP contribution in [0.2, 0.25) is 0 Å². The van der Waals surface area contributed by atoms with Crippen LogP contribution in [0.4, 0.5) is 18.9 Å². The lowest BCUT2D eigenvalue weighted by Gasteiger charge is -2.40. The molecule has 1 aromatic rings. The molecule has 0 amide bonds. The molecule has 0 aliphatic heterocycles. The number of aromatic carboxylic acids is 1. The number of alkyl halides is 3. The van der Waals surface area contributed by atoms with Crippen molar-refractivity contribution in [3.05, 3.63) is 29.3 Å². The first-order valence-electron chi connectivity index (χ1n) is 6.51. The van der Waals surface area contributed by atoms with E-state index in [4.69, 9.17) is 5.11 Å². The van der Waals surface area contributed by atoms with Crippen LogP contribution in [0.3, 0.4) is 0 Å². The fourth-order valence-electron chi connectivity index (χ4n) is 2.36. The van der Waals surface area contributed by atoms with E-state index in [0.29, 0.717) is 12.2 Å². The van der Waals surface area contributed by atoms with Gasteiger partial charge < -0.3 is 10.4 Å². The summed E-state index contributed by atoms with van der Waals surface area (Å²) < 4.78 is 38.8. The van der Waals surface area contributed by atoms with E-state index in [1.807, 2.05) is 6.26 Å². The number of carbonyl (C=O) groups is 1. The standard InChI is InChI=1S/C14H16F3NO2S/c1-21-13(5-2-6-13)8-18-9-3-4-10(12(19)20)11(7-9)14(15,16)17/h3-4,7,18H,2,5-6,8H2,1H3,(H,19,20). The normalized spacial score (nSPS) is 17.1. The minimum Gasteiger partial charge on any atom is -0.478 e. The molecule has 1 fully saturated rings. The molecule has 1 aliphatic rings. The predicted molar refractivity (Wildman–Crippen MR) is 77.0 cm³/mol. The van der Waals surface area contributed by atoms with Gasteiger partial charge in [0.2, 0.25) is 0 Å². The monoisotopic (exact) mass is 319 g/mol. The molecule has 0 atom stereocenters. The zero-order valence-electron chi connectivity index (χ0n) is 11.5. The average Bonchev–Trinajstić information content (AvgIpc) is 2.36. The average molecular weight is 319 g/mol. The van der Waals surface area contributed by atoms with Crippen LogP contribution in [0.5, 0.6) is 0 Å². The van der Waals surface area contributed by atoms with Crippen molar-refractivity contribution in [1.29, 1.82) is 0 Å². The van der Waals surface area contributed by atoms with Crippen molar-refractivity contribution in [3.63, 3.8) is 0 Å². The molecule has 0 bridgehead atoms. The first-order valence-corrected chi connectivity index (χ1v) is 7.73. The number of benzene rings is 1. The largest absolute Gasteiger partial charge is 0.478 e. The summed E-state index contributed by atoms with van der Waals surface area (Å²) in [6, 6.07) is 3.25. The number of thioether (sulfide) groups is 1. The number of carboxylic acid groups (broad SMARTS) is 1. The van der Waals surface area contributed by atoms with Crippen molar-refractivity contribution in [2.75, 3.05) is 18.1 Å². The third-order valence-corrected chi connectivity index (χ3v) is 5.29. The number of carboxylic acids is 1. The van der Waals surface area contributed by atoms with Gasteiger partial charge in [0, 0.05) is 17.0 Å². The lowest BCUT2D eigenvalue weighted by molar-refractivity contribution is -0.138. The highest BCUT2D eigenvalue weighted by atomic mass is 32.2. The molecule has 2 rings (SSSR count). The molecule has 0 unspecified atom stereocenters. The highest BCUT2D eigenvalue weighted by Crippen LogP contribution is 2.43. The van der Waals surface area contributed by atoms with Gasteiger partial charge in [-0.15, -0.1) is 0 Å². The summed E-state index contributed by atoms with van der Waals surface area (Å²) >= 11 is 1.72. The number of hydrogen-bond acceptors (Lipinski definition) is 3. The molecular formula is C14H16F3NO2S. The molecule has 0 radical (unpaired) electrons. The molecule has 0 saturated heterocycles. The number of hydrogen-bond donors (Lipinski definition) is 2. The lowest BCUT2D eigenvalue weighted by Crippen LogP contribution is -2.40. The molecule has 0 aromatic heterocycles. The van der Waals surface area contributed by atoms with E-state index in [-0.39, 0.29) is 4.75 Å². The second-order valence-corrected chi connectivity index (χ2v) is 6.43. The van der Waals surface area contributed by atoms with Gasteiger partial charge in [0.15, 0.2) is 0 Å². The van der Waals surface area contributed by atoms with Gasteiger partial charge in [-0.2, -0.15) is 24.9 Å². The smallest absolute Gasteiger partial charge is 0.417 e. The maximum atomic E-state index is 12.9. The molecule has 0 spiro atoms. The van der Waals surface area contributed by atoms with Crippen LogP contribution in [0.15, 0.2) is 18.2 Å². The molecular weight excluding hydrogens is 303 g/mol. The Bertz CT molecular complexity index is 536. The van der Waals surface area contributed by atoms with E-state index in [9.17, 15) is 18.0 Å². The van der Waals surface area contributed by atoms with Crippen molar-refractivity contribution >= 4 is 23.4 Å². The Morgan fingerprint density at radius 2 is 2.10 bits per heavy atom. The molecule has 1 aliphatic carbocycles. The van der Waals surface area contributed by atoms with Gasteiger partial charge >= 0.3 is 12.1 Å². The van der Waals surface area contributed by atoms with Gasteiger partial charge in [-0.1, -0.05) is 6.42 Å². The molecule has 1 saturated carbocycles. The number of anilines is 1. The van der Waals surface area contributed by atoms with Crippen molar-refractivity contribution < 1.29 is 23.1 Å².